The molecule has 4 heteroatoms. The maximum absolute atomic E-state index is 11.3. The van der Waals surface area contributed by atoms with Gasteiger partial charge in [0.15, 0.2) is 0 Å². The zero-order chi connectivity index (χ0) is 9.35. The van der Waals surface area contributed by atoms with Crippen molar-refractivity contribution in [2.24, 2.45) is 0 Å². The fourth-order valence-electron chi connectivity index (χ4n) is 1.31. The second kappa shape index (κ2) is 3.26. The minimum absolute atomic E-state index is 0.0906. The van der Waals surface area contributed by atoms with Crippen molar-refractivity contribution < 1.29 is 9.53 Å². The van der Waals surface area contributed by atoms with Gasteiger partial charge in [-0.15, -0.1) is 0 Å². The number of carbonyl (C=O) groups excluding carboxylic acids is 1. The van der Waals surface area contributed by atoms with Crippen molar-refractivity contribution >= 4 is 18.5 Å². The molecule has 1 fully saturated rings. The topological polar surface area (TPSA) is 29.5 Å². The molecule has 1 heterocycles. The first kappa shape index (κ1) is 9.86. The van der Waals surface area contributed by atoms with Crippen LogP contribution in [0.5, 0.6) is 0 Å². The fourth-order valence-corrected chi connectivity index (χ4v) is 1.47. The van der Waals surface area contributed by atoms with E-state index in [-0.39, 0.29) is 16.8 Å². The normalized spacial score (nSPS) is 23.2. The Morgan fingerprint density at radius 3 is 2.50 bits per heavy atom. The van der Waals surface area contributed by atoms with E-state index in [4.69, 9.17) is 4.74 Å². The third kappa shape index (κ3) is 1.75. The van der Waals surface area contributed by atoms with Crippen LogP contribution in [0.25, 0.3) is 0 Å². The molecule has 12 heavy (non-hydrogen) atoms. The number of carbonyl (C=O) groups is 1. The number of hydrogen-bond donors (Lipinski definition) is 1. The molecule has 1 saturated heterocycles. The molecule has 0 spiro atoms. The molecule has 1 unspecified atom stereocenters. The van der Waals surface area contributed by atoms with E-state index < -0.39 is 0 Å². The Morgan fingerprint density at radius 2 is 2.17 bits per heavy atom. The molecule has 1 aliphatic rings. The number of methoxy groups -OCH3 is 1. The molecule has 1 aliphatic heterocycles. The summed E-state index contributed by atoms with van der Waals surface area (Å²) in [6.45, 7) is 5.16. The first-order valence-corrected chi connectivity index (χ1v) is 4.52. The molecule has 0 aromatic heterocycles. The summed E-state index contributed by atoms with van der Waals surface area (Å²) in [5.41, 5.74) is -0.127. The molecule has 1 amide bonds. The van der Waals surface area contributed by atoms with Crippen LogP contribution < -0.4 is 0 Å². The molecule has 0 saturated carbocycles. The molecule has 0 aromatic carbocycles. The van der Waals surface area contributed by atoms with Gasteiger partial charge in [-0.05, 0) is 13.8 Å². The van der Waals surface area contributed by atoms with Crippen molar-refractivity contribution in [3.63, 3.8) is 0 Å². The SMILES string of the molecule is COC1(C)CN(C(=O)C(C)S)C1. The lowest BCUT2D eigenvalue weighted by Gasteiger charge is -2.47. The lowest BCUT2D eigenvalue weighted by Crippen LogP contribution is -2.63. The highest BCUT2D eigenvalue weighted by molar-refractivity contribution is 7.81. The van der Waals surface area contributed by atoms with Crippen molar-refractivity contribution in [1.82, 2.24) is 4.90 Å². The predicted octanol–water partition coefficient (Wildman–Crippen LogP) is 0.552. The Labute approximate surface area is 78.5 Å². The number of nitrogens with zero attached hydrogens (tertiary/aromatic N) is 1. The van der Waals surface area contributed by atoms with Gasteiger partial charge >= 0.3 is 0 Å². The predicted molar refractivity (Wildman–Crippen MR) is 50.4 cm³/mol. The summed E-state index contributed by atoms with van der Waals surface area (Å²) >= 11 is 4.07. The number of rotatable bonds is 2. The summed E-state index contributed by atoms with van der Waals surface area (Å²) in [6.07, 6.45) is 0. The van der Waals surface area contributed by atoms with Gasteiger partial charge in [-0.2, -0.15) is 12.6 Å². The van der Waals surface area contributed by atoms with E-state index in [9.17, 15) is 4.79 Å². The Bertz CT molecular complexity index is 187. The number of likely N-dealkylation sites (tertiary alicyclic amines) is 1. The average molecular weight is 189 g/mol. The molecule has 0 bridgehead atoms. The molecule has 1 atom stereocenters. The zero-order valence-electron chi connectivity index (χ0n) is 7.70. The molecule has 0 radical (unpaired) electrons. The second-order valence-corrected chi connectivity index (χ2v) is 4.30. The second-order valence-electron chi connectivity index (χ2n) is 3.52. The van der Waals surface area contributed by atoms with Crippen LogP contribution in [0.1, 0.15) is 13.8 Å². The van der Waals surface area contributed by atoms with Gasteiger partial charge in [0, 0.05) is 7.11 Å². The molecular formula is C8H15NO2S. The van der Waals surface area contributed by atoms with Crippen molar-refractivity contribution in [3.8, 4) is 0 Å². The van der Waals surface area contributed by atoms with Crippen LogP contribution in [0.15, 0.2) is 0 Å². The van der Waals surface area contributed by atoms with E-state index in [1.165, 1.54) is 0 Å². The van der Waals surface area contributed by atoms with Gasteiger partial charge in [0.05, 0.1) is 23.9 Å². The van der Waals surface area contributed by atoms with Gasteiger partial charge in [0.1, 0.15) is 0 Å². The van der Waals surface area contributed by atoms with Gasteiger partial charge in [0.25, 0.3) is 0 Å². The Kier molecular flexibility index (Phi) is 2.68. The molecule has 1 rings (SSSR count). The lowest BCUT2D eigenvalue weighted by atomic mass is 9.96. The van der Waals surface area contributed by atoms with Crippen LogP contribution in [0.2, 0.25) is 0 Å². The number of ether oxygens (including phenoxy) is 1. The zero-order valence-corrected chi connectivity index (χ0v) is 8.60. The highest BCUT2D eigenvalue weighted by Crippen LogP contribution is 2.24. The first-order valence-electron chi connectivity index (χ1n) is 4.00. The maximum Gasteiger partial charge on any atom is 0.235 e. The number of thiol groups is 1. The van der Waals surface area contributed by atoms with E-state index in [0.29, 0.717) is 13.1 Å². The quantitative estimate of drug-likeness (QED) is 0.643. The van der Waals surface area contributed by atoms with Crippen molar-refractivity contribution in [2.45, 2.75) is 24.7 Å². The highest BCUT2D eigenvalue weighted by Gasteiger charge is 2.41. The third-order valence-electron chi connectivity index (χ3n) is 2.21. The fraction of sp³-hybridized carbons (Fsp3) is 0.875. The van der Waals surface area contributed by atoms with E-state index in [1.807, 2.05) is 6.92 Å². The van der Waals surface area contributed by atoms with Crippen molar-refractivity contribution in [2.75, 3.05) is 20.2 Å². The molecule has 70 valence electrons. The summed E-state index contributed by atoms with van der Waals surface area (Å²) in [6, 6.07) is 0. The van der Waals surface area contributed by atoms with Gasteiger partial charge in [-0.1, -0.05) is 0 Å². The smallest absolute Gasteiger partial charge is 0.235 e. The summed E-state index contributed by atoms with van der Waals surface area (Å²) in [7, 11) is 1.67. The van der Waals surface area contributed by atoms with E-state index in [0.717, 1.165) is 0 Å². The van der Waals surface area contributed by atoms with Crippen molar-refractivity contribution in [3.05, 3.63) is 0 Å². The largest absolute Gasteiger partial charge is 0.375 e. The van der Waals surface area contributed by atoms with Crippen LogP contribution in [0.3, 0.4) is 0 Å². The Morgan fingerprint density at radius 1 is 1.67 bits per heavy atom. The van der Waals surface area contributed by atoms with Crippen LogP contribution in [0, 0.1) is 0 Å². The molecule has 0 aliphatic carbocycles. The van der Waals surface area contributed by atoms with Crippen molar-refractivity contribution in [1.29, 1.82) is 0 Å². The maximum atomic E-state index is 11.3. The standard InChI is InChI=1S/C8H15NO2S/c1-6(12)7(10)9-4-8(2,5-9)11-3/h6,12H,4-5H2,1-3H3. The summed E-state index contributed by atoms with van der Waals surface area (Å²) in [4.78, 5) is 13.1. The molecule has 0 N–H and O–H groups in total. The van der Waals surface area contributed by atoms with Gasteiger partial charge < -0.3 is 9.64 Å². The minimum Gasteiger partial charge on any atom is -0.375 e. The summed E-state index contributed by atoms with van der Waals surface area (Å²) in [5.74, 6) is 0.0906. The Hall–Kier alpha value is -0.220. The minimum atomic E-state index is -0.202. The van der Waals surface area contributed by atoms with Crippen LogP contribution in [-0.2, 0) is 9.53 Å². The van der Waals surface area contributed by atoms with E-state index >= 15 is 0 Å². The number of hydrogen-bond acceptors (Lipinski definition) is 3. The monoisotopic (exact) mass is 189 g/mol. The van der Waals surface area contributed by atoms with E-state index in [2.05, 4.69) is 12.6 Å². The first-order chi connectivity index (χ1) is 5.48. The molecule has 0 aromatic rings. The summed E-state index contributed by atoms with van der Waals surface area (Å²) < 4.78 is 5.21. The van der Waals surface area contributed by atoms with Gasteiger partial charge in [-0.3, -0.25) is 4.79 Å². The van der Waals surface area contributed by atoms with Gasteiger partial charge in [0.2, 0.25) is 5.91 Å². The van der Waals surface area contributed by atoms with E-state index in [1.54, 1.807) is 18.9 Å². The lowest BCUT2D eigenvalue weighted by molar-refractivity contribution is -0.156. The molecule has 3 nitrogen and oxygen atoms in total. The third-order valence-corrected chi connectivity index (χ3v) is 2.43. The average Bonchev–Trinajstić information content (AvgIpc) is 1.97. The van der Waals surface area contributed by atoms with Gasteiger partial charge in [-0.25, -0.2) is 0 Å². The van der Waals surface area contributed by atoms with Crippen LogP contribution in [0.4, 0.5) is 0 Å². The highest BCUT2D eigenvalue weighted by atomic mass is 32.1. The van der Waals surface area contributed by atoms with Crippen LogP contribution >= 0.6 is 12.6 Å². The Balaban J connectivity index is 2.39. The number of amides is 1. The molecular weight excluding hydrogens is 174 g/mol. The van der Waals surface area contributed by atoms with Crippen LogP contribution in [-0.4, -0.2) is 41.9 Å². The summed E-state index contributed by atoms with van der Waals surface area (Å²) in [5, 5.41) is -0.202.